The van der Waals surface area contributed by atoms with E-state index in [4.69, 9.17) is 4.74 Å². The molecule has 1 heterocycles. The van der Waals surface area contributed by atoms with Crippen LogP contribution in [0.4, 0.5) is 0 Å². The van der Waals surface area contributed by atoms with E-state index in [0.29, 0.717) is 0 Å². The standard InChI is InChI=1S/C18H26N4O.HI/c1-19-18(20-9-4-10-23-13-14-7-8-14)21-12-16-11-15-5-2-3-6-17(15)22-16;/h2-3,5-6,11,14,22H,4,7-10,12-13H2,1H3,(H2,19,20,21);1H. The van der Waals surface area contributed by atoms with Crippen molar-refractivity contribution in [2.75, 3.05) is 26.8 Å². The first-order chi connectivity index (χ1) is 11.3. The van der Waals surface area contributed by atoms with Crippen molar-refractivity contribution in [3.63, 3.8) is 0 Å². The lowest BCUT2D eigenvalue weighted by atomic mass is 10.2. The Bertz CT molecular complexity index is 618. The molecule has 0 spiro atoms. The van der Waals surface area contributed by atoms with Crippen molar-refractivity contribution < 1.29 is 4.74 Å². The molecule has 1 saturated carbocycles. The highest BCUT2D eigenvalue weighted by molar-refractivity contribution is 14.0. The number of aliphatic imine (C=N–C) groups is 1. The maximum absolute atomic E-state index is 5.63. The molecule has 0 atom stereocenters. The van der Waals surface area contributed by atoms with Crippen LogP contribution in [0, 0.1) is 5.92 Å². The van der Waals surface area contributed by atoms with Crippen LogP contribution in [0.25, 0.3) is 10.9 Å². The molecule has 2 aromatic rings. The molecule has 1 fully saturated rings. The van der Waals surface area contributed by atoms with Crippen LogP contribution in [-0.2, 0) is 11.3 Å². The largest absolute Gasteiger partial charge is 0.381 e. The summed E-state index contributed by atoms with van der Waals surface area (Å²) in [5.41, 5.74) is 2.32. The summed E-state index contributed by atoms with van der Waals surface area (Å²) < 4.78 is 5.63. The number of aromatic nitrogens is 1. The molecule has 1 aliphatic carbocycles. The topological polar surface area (TPSA) is 61.4 Å². The van der Waals surface area contributed by atoms with Gasteiger partial charge in [-0.3, -0.25) is 4.99 Å². The summed E-state index contributed by atoms with van der Waals surface area (Å²) in [4.78, 5) is 7.66. The van der Waals surface area contributed by atoms with Gasteiger partial charge in [0.05, 0.1) is 6.54 Å². The normalized spacial score (nSPS) is 14.5. The molecule has 0 saturated heterocycles. The van der Waals surface area contributed by atoms with Crippen molar-refractivity contribution in [1.29, 1.82) is 0 Å². The molecular weight excluding hydrogens is 415 g/mol. The first kappa shape index (κ1) is 19.1. The lowest BCUT2D eigenvalue weighted by Crippen LogP contribution is -2.37. The van der Waals surface area contributed by atoms with E-state index in [9.17, 15) is 0 Å². The Balaban J connectivity index is 0.00000208. The van der Waals surface area contributed by atoms with Gasteiger partial charge in [-0.1, -0.05) is 18.2 Å². The zero-order valence-corrected chi connectivity index (χ0v) is 16.5. The average Bonchev–Trinajstić information content (AvgIpc) is 3.30. The third kappa shape index (κ3) is 5.98. The number of fused-ring (bicyclic) bond motifs is 1. The number of H-pyrrole nitrogens is 1. The highest BCUT2D eigenvalue weighted by Gasteiger charge is 2.20. The van der Waals surface area contributed by atoms with Crippen molar-refractivity contribution in [2.45, 2.75) is 25.8 Å². The first-order valence-electron chi connectivity index (χ1n) is 8.44. The molecule has 3 N–H and O–H groups in total. The van der Waals surface area contributed by atoms with Gasteiger partial charge in [-0.25, -0.2) is 0 Å². The molecule has 6 heteroatoms. The number of guanidine groups is 1. The predicted octanol–water partition coefficient (Wildman–Crippen LogP) is 3.27. The van der Waals surface area contributed by atoms with Gasteiger partial charge in [0, 0.05) is 38.0 Å². The summed E-state index contributed by atoms with van der Waals surface area (Å²) in [6.45, 7) is 3.36. The Morgan fingerprint density at radius 1 is 1.29 bits per heavy atom. The zero-order chi connectivity index (χ0) is 15.9. The summed E-state index contributed by atoms with van der Waals surface area (Å²) >= 11 is 0. The summed E-state index contributed by atoms with van der Waals surface area (Å²) in [6, 6.07) is 10.5. The van der Waals surface area contributed by atoms with E-state index >= 15 is 0 Å². The second-order valence-corrected chi connectivity index (χ2v) is 6.11. The summed E-state index contributed by atoms with van der Waals surface area (Å²) in [5.74, 6) is 1.67. The molecule has 0 radical (unpaired) electrons. The van der Waals surface area contributed by atoms with Gasteiger partial charge in [-0.15, -0.1) is 24.0 Å². The number of rotatable bonds is 8. The smallest absolute Gasteiger partial charge is 0.191 e. The van der Waals surface area contributed by atoms with Crippen LogP contribution in [0.5, 0.6) is 0 Å². The van der Waals surface area contributed by atoms with E-state index in [-0.39, 0.29) is 24.0 Å². The minimum atomic E-state index is 0. The van der Waals surface area contributed by atoms with Gasteiger partial charge in [0.2, 0.25) is 0 Å². The van der Waals surface area contributed by atoms with Crippen LogP contribution in [0.2, 0.25) is 0 Å². The highest BCUT2D eigenvalue weighted by atomic mass is 127. The summed E-state index contributed by atoms with van der Waals surface area (Å²) in [7, 11) is 1.80. The van der Waals surface area contributed by atoms with Gasteiger partial charge in [-0.2, -0.15) is 0 Å². The number of para-hydroxylation sites is 1. The van der Waals surface area contributed by atoms with Crippen molar-refractivity contribution in [1.82, 2.24) is 15.6 Å². The number of nitrogens with zero attached hydrogens (tertiary/aromatic N) is 1. The highest BCUT2D eigenvalue weighted by Crippen LogP contribution is 2.28. The fraction of sp³-hybridized carbons (Fsp3) is 0.500. The van der Waals surface area contributed by atoms with Gasteiger partial charge in [-0.05, 0) is 42.7 Å². The fourth-order valence-corrected chi connectivity index (χ4v) is 2.54. The van der Waals surface area contributed by atoms with E-state index in [1.807, 2.05) is 6.07 Å². The molecule has 5 nitrogen and oxygen atoms in total. The lowest BCUT2D eigenvalue weighted by molar-refractivity contribution is 0.123. The number of ether oxygens (including phenoxy) is 1. The van der Waals surface area contributed by atoms with Gasteiger partial charge in [0.1, 0.15) is 0 Å². The minimum absolute atomic E-state index is 0. The summed E-state index contributed by atoms with van der Waals surface area (Å²) in [6.07, 6.45) is 3.70. The quantitative estimate of drug-likeness (QED) is 0.255. The Hall–Kier alpha value is -1.28. The van der Waals surface area contributed by atoms with E-state index < -0.39 is 0 Å². The first-order valence-corrected chi connectivity index (χ1v) is 8.44. The second-order valence-electron chi connectivity index (χ2n) is 6.11. The molecule has 132 valence electrons. The van der Waals surface area contributed by atoms with E-state index in [1.165, 1.54) is 23.7 Å². The van der Waals surface area contributed by atoms with E-state index in [1.54, 1.807) is 7.05 Å². The number of hydrogen-bond donors (Lipinski definition) is 3. The van der Waals surface area contributed by atoms with Crippen LogP contribution in [-0.4, -0.2) is 37.7 Å². The number of hydrogen-bond acceptors (Lipinski definition) is 2. The number of aromatic amines is 1. The number of benzene rings is 1. The van der Waals surface area contributed by atoms with Gasteiger partial charge in [0.25, 0.3) is 0 Å². The van der Waals surface area contributed by atoms with E-state index in [0.717, 1.165) is 50.3 Å². The van der Waals surface area contributed by atoms with Crippen LogP contribution in [0.3, 0.4) is 0 Å². The molecule has 1 aromatic heterocycles. The molecular formula is C18H27IN4O. The maximum Gasteiger partial charge on any atom is 0.191 e. The Kier molecular flexibility index (Phi) is 7.84. The molecule has 1 aliphatic rings. The van der Waals surface area contributed by atoms with Gasteiger partial charge >= 0.3 is 0 Å². The van der Waals surface area contributed by atoms with Crippen LogP contribution < -0.4 is 10.6 Å². The van der Waals surface area contributed by atoms with Crippen molar-refractivity contribution >= 4 is 40.8 Å². The maximum atomic E-state index is 5.63. The van der Waals surface area contributed by atoms with Gasteiger partial charge in [0.15, 0.2) is 5.96 Å². The second kappa shape index (κ2) is 9.88. The Morgan fingerprint density at radius 3 is 2.88 bits per heavy atom. The van der Waals surface area contributed by atoms with Crippen LogP contribution >= 0.6 is 24.0 Å². The van der Waals surface area contributed by atoms with E-state index in [2.05, 4.69) is 44.9 Å². The number of halogens is 1. The molecule has 0 aliphatic heterocycles. The third-order valence-electron chi connectivity index (χ3n) is 4.06. The molecule has 0 amide bonds. The van der Waals surface area contributed by atoms with Crippen LogP contribution in [0.1, 0.15) is 25.0 Å². The lowest BCUT2D eigenvalue weighted by Gasteiger charge is -2.11. The number of nitrogens with one attached hydrogen (secondary N) is 3. The third-order valence-corrected chi connectivity index (χ3v) is 4.06. The minimum Gasteiger partial charge on any atom is -0.381 e. The predicted molar refractivity (Wildman–Crippen MR) is 110 cm³/mol. The molecule has 0 unspecified atom stereocenters. The average molecular weight is 442 g/mol. The van der Waals surface area contributed by atoms with Crippen molar-refractivity contribution in [2.24, 2.45) is 10.9 Å². The monoisotopic (exact) mass is 442 g/mol. The Morgan fingerprint density at radius 2 is 2.12 bits per heavy atom. The molecule has 3 rings (SSSR count). The summed E-state index contributed by atoms with van der Waals surface area (Å²) in [5, 5.41) is 7.89. The Labute approximate surface area is 160 Å². The van der Waals surface area contributed by atoms with Crippen LogP contribution in [0.15, 0.2) is 35.3 Å². The molecule has 1 aromatic carbocycles. The zero-order valence-electron chi connectivity index (χ0n) is 14.2. The van der Waals surface area contributed by atoms with Crippen molar-refractivity contribution in [3.05, 3.63) is 36.0 Å². The SMILES string of the molecule is CN=C(NCCCOCC1CC1)NCc1cc2ccccc2[nH]1.I. The fourth-order valence-electron chi connectivity index (χ4n) is 2.54. The molecule has 0 bridgehead atoms. The molecule has 24 heavy (non-hydrogen) atoms. The van der Waals surface area contributed by atoms with Gasteiger partial charge < -0.3 is 20.4 Å². The van der Waals surface area contributed by atoms with Crippen molar-refractivity contribution in [3.8, 4) is 0 Å².